The largest absolute Gasteiger partial charge is 0.493 e. The van der Waals surface area contributed by atoms with Gasteiger partial charge >= 0.3 is 6.03 Å². The predicted octanol–water partition coefficient (Wildman–Crippen LogP) is 4.38. The number of hydrogen-bond donors (Lipinski definition) is 2. The summed E-state index contributed by atoms with van der Waals surface area (Å²) in [4.78, 5) is 26.9. The number of urea groups is 1. The molecule has 0 saturated carbocycles. The van der Waals surface area contributed by atoms with Gasteiger partial charge in [0.25, 0.3) is 0 Å². The van der Waals surface area contributed by atoms with Gasteiger partial charge in [-0.15, -0.1) is 10.2 Å². The molecule has 3 aromatic rings. The lowest BCUT2D eigenvalue weighted by Gasteiger charge is -2.22. The molecule has 194 valence electrons. The third-order valence-electron chi connectivity index (χ3n) is 5.24. The number of nitrogens with zero attached hydrogens (tertiary/aromatic N) is 4. The Balaban J connectivity index is 1.61. The van der Waals surface area contributed by atoms with Crippen LogP contribution in [0.5, 0.6) is 17.2 Å². The number of benzene rings is 2. The minimum absolute atomic E-state index is 0.0832. The van der Waals surface area contributed by atoms with Gasteiger partial charge in [0.05, 0.1) is 33.0 Å². The van der Waals surface area contributed by atoms with E-state index in [9.17, 15) is 9.59 Å². The van der Waals surface area contributed by atoms with Crippen molar-refractivity contribution in [1.29, 1.82) is 5.26 Å². The zero-order chi connectivity index (χ0) is 26.8. The number of hydrogen-bond acceptors (Lipinski definition) is 9. The number of ether oxygens (including phenoxy) is 3. The summed E-state index contributed by atoms with van der Waals surface area (Å²) >= 11 is 1.20. The summed E-state index contributed by atoms with van der Waals surface area (Å²) in [5.74, 6) is 1.13. The minimum Gasteiger partial charge on any atom is -0.493 e. The highest BCUT2D eigenvalue weighted by Crippen LogP contribution is 2.42. The van der Waals surface area contributed by atoms with Crippen molar-refractivity contribution in [3.63, 3.8) is 0 Å². The van der Waals surface area contributed by atoms with Gasteiger partial charge in [-0.1, -0.05) is 18.3 Å². The zero-order valence-electron chi connectivity index (χ0n) is 21.0. The molecule has 0 saturated heterocycles. The van der Waals surface area contributed by atoms with Crippen LogP contribution < -0.4 is 24.8 Å². The van der Waals surface area contributed by atoms with Gasteiger partial charge in [-0.2, -0.15) is 5.26 Å². The molecule has 1 heterocycles. The first-order valence-electron chi connectivity index (χ1n) is 11.4. The minimum atomic E-state index is -0.319. The molecule has 0 atom stereocenters. The summed E-state index contributed by atoms with van der Waals surface area (Å²) in [7, 11) is 4.58. The molecule has 0 unspecified atom stereocenters. The molecule has 0 bridgehead atoms. The van der Waals surface area contributed by atoms with Gasteiger partial charge < -0.3 is 29.7 Å². The Morgan fingerprint density at radius 3 is 2.24 bits per heavy atom. The average molecular weight is 525 g/mol. The number of carbonyl (C=O) groups excluding carboxylic acids is 2. The van der Waals surface area contributed by atoms with Crippen LogP contribution in [0.1, 0.15) is 25.3 Å². The average Bonchev–Trinajstić information content (AvgIpc) is 3.38. The summed E-state index contributed by atoms with van der Waals surface area (Å²) in [6.07, 6.45) is 0.816. The second-order valence-electron chi connectivity index (χ2n) is 7.73. The maximum absolute atomic E-state index is 12.7. The Morgan fingerprint density at radius 1 is 1.00 bits per heavy atom. The van der Waals surface area contributed by atoms with Gasteiger partial charge in [0.15, 0.2) is 11.5 Å². The molecule has 2 N–H and O–H groups in total. The van der Waals surface area contributed by atoms with Crippen LogP contribution in [0.4, 0.5) is 15.6 Å². The van der Waals surface area contributed by atoms with E-state index >= 15 is 0 Å². The zero-order valence-corrected chi connectivity index (χ0v) is 21.8. The number of nitrogens with one attached hydrogen (secondary N) is 2. The molecule has 0 aliphatic rings. The van der Waals surface area contributed by atoms with Crippen LogP contribution in [0.25, 0.3) is 10.6 Å². The molecule has 3 amide bonds. The van der Waals surface area contributed by atoms with Crippen molar-refractivity contribution in [2.75, 3.05) is 45.1 Å². The van der Waals surface area contributed by atoms with E-state index in [1.54, 1.807) is 41.3 Å². The summed E-state index contributed by atoms with van der Waals surface area (Å²) < 4.78 is 16.1. The summed E-state index contributed by atoms with van der Waals surface area (Å²) in [6, 6.07) is 11.8. The van der Waals surface area contributed by atoms with Crippen LogP contribution in [0.3, 0.4) is 0 Å². The third-order valence-corrected chi connectivity index (χ3v) is 6.13. The van der Waals surface area contributed by atoms with E-state index < -0.39 is 0 Å². The van der Waals surface area contributed by atoms with Crippen LogP contribution in [-0.4, -0.2) is 61.5 Å². The van der Waals surface area contributed by atoms with Gasteiger partial charge in [-0.05, 0) is 42.8 Å². The van der Waals surface area contributed by atoms with Crippen LogP contribution in [0, 0.1) is 11.3 Å². The molecular weight excluding hydrogens is 496 g/mol. The second kappa shape index (κ2) is 13.1. The molecule has 3 rings (SSSR count). The first-order chi connectivity index (χ1) is 17.9. The molecule has 2 aromatic carbocycles. The predicted molar refractivity (Wildman–Crippen MR) is 140 cm³/mol. The molecule has 37 heavy (non-hydrogen) atoms. The third kappa shape index (κ3) is 7.08. The topological polar surface area (TPSA) is 139 Å². The standard InChI is InChI=1S/C25H28N6O5S/c1-5-11-31(25(33)27-18-8-6-16(15-26)7-9-18)12-10-21(32)28-24-30-29-23(37-24)17-13-19(34-2)22(36-4)20(14-17)35-3/h6-9,13-14H,5,10-12H2,1-4H3,(H,27,33)(H,28,30,32). The smallest absolute Gasteiger partial charge is 0.321 e. The highest BCUT2D eigenvalue weighted by atomic mass is 32.1. The lowest BCUT2D eigenvalue weighted by Crippen LogP contribution is -2.37. The molecule has 12 heteroatoms. The Hall–Kier alpha value is -4.37. The van der Waals surface area contributed by atoms with Crippen molar-refractivity contribution in [3.05, 3.63) is 42.0 Å². The summed E-state index contributed by atoms with van der Waals surface area (Å²) in [5.41, 5.74) is 1.77. The van der Waals surface area contributed by atoms with Gasteiger partial charge in [-0.25, -0.2) is 4.79 Å². The Kier molecular flexibility index (Phi) is 9.62. The number of methoxy groups -OCH3 is 3. The van der Waals surface area contributed by atoms with E-state index in [4.69, 9.17) is 19.5 Å². The molecule has 1 aromatic heterocycles. The van der Waals surface area contributed by atoms with Gasteiger partial charge in [0.1, 0.15) is 5.01 Å². The monoisotopic (exact) mass is 524 g/mol. The van der Waals surface area contributed by atoms with Crippen molar-refractivity contribution < 1.29 is 23.8 Å². The number of rotatable bonds is 11. The second-order valence-corrected chi connectivity index (χ2v) is 8.71. The highest BCUT2D eigenvalue weighted by molar-refractivity contribution is 7.18. The number of nitriles is 1. The molecular formula is C25H28N6O5S. The van der Waals surface area contributed by atoms with Crippen molar-refractivity contribution in [3.8, 4) is 33.9 Å². The SMILES string of the molecule is CCCN(CCC(=O)Nc1nnc(-c2cc(OC)c(OC)c(OC)c2)s1)C(=O)Nc1ccc(C#N)cc1. The number of anilines is 2. The Morgan fingerprint density at radius 2 is 1.68 bits per heavy atom. The fraction of sp³-hybridized carbons (Fsp3) is 0.320. The fourth-order valence-electron chi connectivity index (χ4n) is 3.43. The lowest BCUT2D eigenvalue weighted by molar-refractivity contribution is -0.116. The van der Waals surface area contributed by atoms with Crippen molar-refractivity contribution in [1.82, 2.24) is 15.1 Å². The van der Waals surface area contributed by atoms with Crippen molar-refractivity contribution in [2.45, 2.75) is 19.8 Å². The van der Waals surface area contributed by atoms with E-state index in [1.807, 2.05) is 13.0 Å². The number of carbonyl (C=O) groups is 2. The quantitative estimate of drug-likeness (QED) is 0.377. The van der Waals surface area contributed by atoms with Gasteiger partial charge in [0.2, 0.25) is 16.8 Å². The molecule has 0 fully saturated rings. The Labute approximate surface area is 219 Å². The van der Waals surface area contributed by atoms with Crippen molar-refractivity contribution in [2.24, 2.45) is 0 Å². The normalized spacial score (nSPS) is 10.2. The molecule has 0 aliphatic carbocycles. The number of amides is 3. The molecule has 0 radical (unpaired) electrons. The summed E-state index contributed by atoms with van der Waals surface area (Å²) in [6.45, 7) is 2.66. The van der Waals surface area contributed by atoms with Crippen LogP contribution >= 0.6 is 11.3 Å². The van der Waals surface area contributed by atoms with E-state index in [0.29, 0.717) is 50.7 Å². The molecule has 11 nitrogen and oxygen atoms in total. The van der Waals surface area contributed by atoms with E-state index in [2.05, 4.69) is 20.8 Å². The first-order valence-corrected chi connectivity index (χ1v) is 12.2. The van der Waals surface area contributed by atoms with E-state index in [-0.39, 0.29) is 24.9 Å². The van der Waals surface area contributed by atoms with Crippen molar-refractivity contribution >= 4 is 34.1 Å². The van der Waals surface area contributed by atoms with Gasteiger partial charge in [-0.3, -0.25) is 4.79 Å². The summed E-state index contributed by atoms with van der Waals surface area (Å²) in [5, 5.41) is 23.6. The maximum atomic E-state index is 12.7. The highest BCUT2D eigenvalue weighted by Gasteiger charge is 2.18. The van der Waals surface area contributed by atoms with Crippen LogP contribution in [0.15, 0.2) is 36.4 Å². The lowest BCUT2D eigenvalue weighted by atomic mass is 10.2. The van der Waals surface area contributed by atoms with Gasteiger partial charge in [0, 0.05) is 30.8 Å². The number of aromatic nitrogens is 2. The van der Waals surface area contributed by atoms with E-state index in [0.717, 1.165) is 6.42 Å². The fourth-order valence-corrected chi connectivity index (χ4v) is 4.18. The maximum Gasteiger partial charge on any atom is 0.321 e. The Bertz CT molecular complexity index is 1250. The van der Waals surface area contributed by atoms with E-state index in [1.165, 1.54) is 32.7 Å². The molecule has 0 spiro atoms. The van der Waals surface area contributed by atoms with Crippen LogP contribution in [-0.2, 0) is 4.79 Å². The van der Waals surface area contributed by atoms with Crippen LogP contribution in [0.2, 0.25) is 0 Å². The molecule has 0 aliphatic heterocycles. The first kappa shape index (κ1) is 27.2.